The van der Waals surface area contributed by atoms with Gasteiger partial charge in [-0.15, -0.1) is 11.3 Å². The van der Waals surface area contributed by atoms with Crippen LogP contribution in [-0.4, -0.2) is 26.1 Å². The van der Waals surface area contributed by atoms with Gasteiger partial charge in [0.15, 0.2) is 9.84 Å². The first-order chi connectivity index (χ1) is 10.8. The molecule has 0 bridgehead atoms. The number of hydrogen-bond donors (Lipinski definition) is 0. The zero-order valence-electron chi connectivity index (χ0n) is 12.7. The van der Waals surface area contributed by atoms with Crippen molar-refractivity contribution in [3.05, 3.63) is 50.2 Å². The van der Waals surface area contributed by atoms with Crippen LogP contribution >= 0.6 is 11.3 Å². The summed E-state index contributed by atoms with van der Waals surface area (Å²) in [6, 6.07) is 6.21. The van der Waals surface area contributed by atoms with Crippen molar-refractivity contribution in [1.82, 2.24) is 0 Å². The molecule has 1 aliphatic heterocycles. The quantitative estimate of drug-likeness (QED) is 0.626. The number of rotatable bonds is 3. The Kier molecular flexibility index (Phi) is 3.89. The van der Waals surface area contributed by atoms with Gasteiger partial charge in [0.05, 0.1) is 15.9 Å². The highest BCUT2D eigenvalue weighted by Gasteiger charge is 2.30. The maximum Gasteiger partial charge on any atom is 0.293 e. The van der Waals surface area contributed by atoms with Crippen molar-refractivity contribution in [2.75, 3.05) is 17.7 Å². The van der Waals surface area contributed by atoms with E-state index in [9.17, 15) is 18.5 Å². The average molecular weight is 352 g/mol. The highest BCUT2D eigenvalue weighted by Crippen LogP contribution is 2.40. The standard InChI is InChI=1S/C15H16N2O4S2/c1-10-12-6-8-22-15(12)5-7-16(10)13-4-3-11(23(2,20)21)9-14(13)17(18)19/h3-4,6,8-10H,5,7H2,1-2H3. The highest BCUT2D eigenvalue weighted by molar-refractivity contribution is 7.90. The molecule has 3 rings (SSSR count). The van der Waals surface area contributed by atoms with Crippen molar-refractivity contribution in [1.29, 1.82) is 0 Å². The maximum absolute atomic E-state index is 11.7. The Hall–Kier alpha value is -1.93. The van der Waals surface area contributed by atoms with Crippen LogP contribution in [0.4, 0.5) is 11.4 Å². The second-order valence-electron chi connectivity index (χ2n) is 5.60. The minimum absolute atomic E-state index is 0.0211. The molecule has 0 aliphatic carbocycles. The second-order valence-corrected chi connectivity index (χ2v) is 8.61. The number of sulfone groups is 1. The van der Waals surface area contributed by atoms with E-state index in [4.69, 9.17) is 0 Å². The molecular weight excluding hydrogens is 336 g/mol. The van der Waals surface area contributed by atoms with E-state index >= 15 is 0 Å². The van der Waals surface area contributed by atoms with Gasteiger partial charge in [-0.1, -0.05) is 0 Å². The molecule has 0 amide bonds. The summed E-state index contributed by atoms with van der Waals surface area (Å²) in [5.74, 6) is 0. The molecule has 1 aliphatic rings. The van der Waals surface area contributed by atoms with Gasteiger partial charge in [-0.25, -0.2) is 8.42 Å². The zero-order valence-corrected chi connectivity index (χ0v) is 14.4. The van der Waals surface area contributed by atoms with E-state index in [1.54, 1.807) is 17.4 Å². The molecule has 0 radical (unpaired) electrons. The monoisotopic (exact) mass is 352 g/mol. The summed E-state index contributed by atoms with van der Waals surface area (Å²) in [6.07, 6.45) is 1.88. The molecule has 0 fully saturated rings. The van der Waals surface area contributed by atoms with E-state index < -0.39 is 14.8 Å². The first-order valence-electron chi connectivity index (χ1n) is 7.10. The van der Waals surface area contributed by atoms with Crippen LogP contribution in [-0.2, 0) is 16.3 Å². The van der Waals surface area contributed by atoms with Crippen molar-refractivity contribution in [3.63, 3.8) is 0 Å². The van der Waals surface area contributed by atoms with Crippen LogP contribution in [0.5, 0.6) is 0 Å². The molecule has 6 nitrogen and oxygen atoms in total. The highest BCUT2D eigenvalue weighted by atomic mass is 32.2. The van der Waals surface area contributed by atoms with E-state index in [1.165, 1.54) is 16.5 Å². The molecule has 122 valence electrons. The van der Waals surface area contributed by atoms with Gasteiger partial charge in [-0.05, 0) is 42.5 Å². The third kappa shape index (κ3) is 2.84. The van der Waals surface area contributed by atoms with Crippen LogP contribution in [0.1, 0.15) is 23.4 Å². The Morgan fingerprint density at radius 1 is 1.35 bits per heavy atom. The largest absolute Gasteiger partial charge is 0.359 e. The van der Waals surface area contributed by atoms with Crippen LogP contribution in [0.2, 0.25) is 0 Å². The Morgan fingerprint density at radius 2 is 2.09 bits per heavy atom. The van der Waals surface area contributed by atoms with Crippen LogP contribution in [0, 0.1) is 10.1 Å². The lowest BCUT2D eigenvalue weighted by atomic mass is 10.0. The third-order valence-corrected chi connectivity index (χ3v) is 6.27. The van der Waals surface area contributed by atoms with E-state index in [0.29, 0.717) is 12.2 Å². The Labute approximate surface area is 138 Å². The van der Waals surface area contributed by atoms with E-state index in [1.807, 2.05) is 23.3 Å². The molecule has 1 aromatic carbocycles. The molecule has 0 saturated carbocycles. The van der Waals surface area contributed by atoms with Gasteiger partial charge in [0.2, 0.25) is 0 Å². The first kappa shape index (κ1) is 15.9. The van der Waals surface area contributed by atoms with Gasteiger partial charge >= 0.3 is 0 Å². The molecular formula is C15H16N2O4S2. The van der Waals surface area contributed by atoms with Crippen LogP contribution in [0.25, 0.3) is 0 Å². The van der Waals surface area contributed by atoms with Crippen molar-refractivity contribution in [2.45, 2.75) is 24.3 Å². The lowest BCUT2D eigenvalue weighted by molar-refractivity contribution is -0.384. The minimum atomic E-state index is -3.48. The third-order valence-electron chi connectivity index (χ3n) is 4.16. The van der Waals surface area contributed by atoms with Gasteiger partial charge in [0.25, 0.3) is 5.69 Å². The molecule has 1 unspecified atom stereocenters. The number of hydrogen-bond acceptors (Lipinski definition) is 6. The van der Waals surface area contributed by atoms with Gasteiger partial charge in [-0.2, -0.15) is 0 Å². The molecule has 8 heteroatoms. The van der Waals surface area contributed by atoms with Crippen molar-refractivity contribution >= 4 is 32.5 Å². The van der Waals surface area contributed by atoms with E-state index in [-0.39, 0.29) is 16.6 Å². The molecule has 0 N–H and O–H groups in total. The van der Waals surface area contributed by atoms with Crippen molar-refractivity contribution in [3.8, 4) is 0 Å². The van der Waals surface area contributed by atoms with Crippen molar-refractivity contribution in [2.24, 2.45) is 0 Å². The molecule has 2 aromatic rings. The molecule has 23 heavy (non-hydrogen) atoms. The van der Waals surface area contributed by atoms with E-state index in [2.05, 4.69) is 0 Å². The van der Waals surface area contributed by atoms with Gasteiger partial charge in [0, 0.05) is 23.7 Å². The van der Waals surface area contributed by atoms with Crippen LogP contribution in [0.3, 0.4) is 0 Å². The number of nitro groups is 1. The summed E-state index contributed by atoms with van der Waals surface area (Å²) >= 11 is 1.70. The SMILES string of the molecule is CC1c2ccsc2CCN1c1ccc(S(C)(=O)=O)cc1[N+](=O)[O-]. The average Bonchev–Trinajstić information content (AvgIpc) is 2.95. The number of nitro benzene ring substituents is 1. The molecule has 1 atom stereocenters. The van der Waals surface area contributed by atoms with Gasteiger partial charge < -0.3 is 4.90 Å². The number of benzene rings is 1. The summed E-state index contributed by atoms with van der Waals surface area (Å²) in [6.45, 7) is 2.69. The summed E-state index contributed by atoms with van der Waals surface area (Å²) in [5.41, 5.74) is 1.48. The zero-order chi connectivity index (χ0) is 16.8. The molecule has 0 spiro atoms. The Morgan fingerprint density at radius 3 is 2.74 bits per heavy atom. The molecule has 0 saturated heterocycles. The summed E-state index contributed by atoms with van der Waals surface area (Å²) in [7, 11) is -3.48. The summed E-state index contributed by atoms with van der Waals surface area (Å²) < 4.78 is 23.3. The lowest BCUT2D eigenvalue weighted by Crippen LogP contribution is -2.33. The van der Waals surface area contributed by atoms with Gasteiger partial charge in [0.1, 0.15) is 5.69 Å². The van der Waals surface area contributed by atoms with Gasteiger partial charge in [-0.3, -0.25) is 10.1 Å². The topological polar surface area (TPSA) is 80.5 Å². The number of anilines is 1. The number of fused-ring (bicyclic) bond motifs is 1. The van der Waals surface area contributed by atoms with Crippen molar-refractivity contribution < 1.29 is 13.3 Å². The normalized spacial score (nSPS) is 17.8. The number of nitrogens with zero attached hydrogens (tertiary/aromatic N) is 2. The second kappa shape index (κ2) is 5.61. The lowest BCUT2D eigenvalue weighted by Gasteiger charge is -2.35. The fourth-order valence-electron chi connectivity index (χ4n) is 2.96. The van der Waals surface area contributed by atoms with Crippen LogP contribution in [0.15, 0.2) is 34.5 Å². The summed E-state index contributed by atoms with van der Waals surface area (Å²) in [5, 5.41) is 13.5. The maximum atomic E-state index is 11.7. The molecule has 1 aromatic heterocycles. The molecule has 2 heterocycles. The fourth-order valence-corrected chi connectivity index (χ4v) is 4.57. The van der Waals surface area contributed by atoms with Crippen LogP contribution < -0.4 is 4.90 Å². The summed E-state index contributed by atoms with van der Waals surface area (Å²) in [4.78, 5) is 14.2. The first-order valence-corrected chi connectivity index (χ1v) is 9.87. The fraction of sp³-hybridized carbons (Fsp3) is 0.333. The predicted octanol–water partition coefficient (Wildman–Crippen LogP) is 3.18. The Bertz CT molecular complexity index is 873. The van der Waals surface area contributed by atoms with E-state index in [0.717, 1.165) is 18.7 Å². The number of thiophene rings is 1. The smallest absolute Gasteiger partial charge is 0.293 e. The minimum Gasteiger partial charge on any atom is -0.359 e. The predicted molar refractivity (Wildman–Crippen MR) is 90.0 cm³/mol. The Balaban J connectivity index is 2.08.